The molecule has 3 aliphatic rings. The summed E-state index contributed by atoms with van der Waals surface area (Å²) < 4.78 is 23.5. The number of rotatable bonds is 7. The van der Waals surface area contributed by atoms with Gasteiger partial charge in [-0.2, -0.15) is 15.1 Å². The van der Waals surface area contributed by atoms with Gasteiger partial charge < -0.3 is 19.4 Å². The van der Waals surface area contributed by atoms with Crippen molar-refractivity contribution in [3.05, 3.63) is 60.6 Å². The summed E-state index contributed by atoms with van der Waals surface area (Å²) in [6, 6.07) is 6.12. The number of H-pyrrole nitrogens is 1. The first-order valence-corrected chi connectivity index (χ1v) is 16.0. The number of carbonyl (C=O) groups is 1. The van der Waals surface area contributed by atoms with Gasteiger partial charge in [-0.25, -0.2) is 4.39 Å². The van der Waals surface area contributed by atoms with E-state index < -0.39 is 5.82 Å². The number of aromatic nitrogens is 4. The summed E-state index contributed by atoms with van der Waals surface area (Å²) in [6.45, 7) is 17.8. The molecule has 9 nitrogen and oxygen atoms in total. The van der Waals surface area contributed by atoms with Crippen molar-refractivity contribution in [3.8, 4) is 17.1 Å². The molecule has 45 heavy (non-hydrogen) atoms. The van der Waals surface area contributed by atoms with E-state index in [1.54, 1.807) is 12.3 Å². The lowest BCUT2D eigenvalue weighted by atomic mass is 9.72. The summed E-state index contributed by atoms with van der Waals surface area (Å²) in [4.78, 5) is 28.3. The molecule has 0 bridgehead atoms. The standard InChI is InChI=1S/C35H40FN7O2/c1-5-23-18-25-32(31(36)30(23)29-22(4)8-9-27-26(29)19-37-40-27)38-34(45-24-10-14-41(7-3)15-11-24)39-33(25)42-16-12-35(13-17-42)20-43(21-35)28(44)6-2/h5-6,8-9,18-19,24H,1-2,7,10-17,20-21H2,3-4H3,(H,37,40). The highest BCUT2D eigenvalue weighted by molar-refractivity contribution is 6.03. The molecule has 0 radical (unpaired) electrons. The van der Waals surface area contributed by atoms with Crippen LogP contribution in [0.15, 0.2) is 43.6 Å². The van der Waals surface area contributed by atoms with Crippen LogP contribution in [0.5, 0.6) is 6.01 Å². The average Bonchev–Trinajstić information content (AvgIpc) is 3.53. The van der Waals surface area contributed by atoms with Crippen LogP contribution in [-0.2, 0) is 4.79 Å². The first-order chi connectivity index (χ1) is 21.8. The van der Waals surface area contributed by atoms with Gasteiger partial charge in [-0.15, -0.1) is 0 Å². The summed E-state index contributed by atoms with van der Waals surface area (Å²) in [5.74, 6) is 0.251. The fraction of sp³-hybridized carbons (Fsp3) is 0.429. The van der Waals surface area contributed by atoms with E-state index in [0.717, 1.165) is 93.5 Å². The van der Waals surface area contributed by atoms with Crippen LogP contribution in [-0.4, -0.2) is 87.8 Å². The van der Waals surface area contributed by atoms with Crippen LogP contribution in [0.3, 0.4) is 0 Å². The minimum absolute atomic E-state index is 0.0130. The Morgan fingerprint density at radius 3 is 2.56 bits per heavy atom. The predicted molar refractivity (Wildman–Crippen MR) is 176 cm³/mol. The van der Waals surface area contributed by atoms with Crippen molar-refractivity contribution in [2.75, 3.05) is 50.7 Å². The molecule has 1 spiro atoms. The van der Waals surface area contributed by atoms with E-state index in [4.69, 9.17) is 14.7 Å². The third-order valence-electron chi connectivity index (χ3n) is 10.1. The normalized spacial score (nSPS) is 18.8. The van der Waals surface area contributed by atoms with Gasteiger partial charge in [0.25, 0.3) is 0 Å². The smallest absolute Gasteiger partial charge is 0.319 e. The number of likely N-dealkylation sites (tertiary alicyclic amines) is 2. The van der Waals surface area contributed by atoms with E-state index in [2.05, 4.69) is 40.1 Å². The summed E-state index contributed by atoms with van der Waals surface area (Å²) in [6.07, 6.45) is 8.40. The van der Waals surface area contributed by atoms with Crippen molar-refractivity contribution in [2.24, 2.45) is 5.41 Å². The third kappa shape index (κ3) is 5.14. The number of piperidine rings is 2. The summed E-state index contributed by atoms with van der Waals surface area (Å²) >= 11 is 0. The highest BCUT2D eigenvalue weighted by Gasteiger charge is 2.46. The number of fused-ring (bicyclic) bond motifs is 2. The molecule has 7 rings (SSSR count). The molecule has 0 atom stereocenters. The van der Waals surface area contributed by atoms with Gasteiger partial charge in [0.05, 0.1) is 11.7 Å². The molecular formula is C35H40FN7O2. The van der Waals surface area contributed by atoms with E-state index in [1.165, 1.54) is 6.08 Å². The van der Waals surface area contributed by atoms with E-state index >= 15 is 4.39 Å². The first-order valence-electron chi connectivity index (χ1n) is 16.0. The summed E-state index contributed by atoms with van der Waals surface area (Å²) in [5.41, 5.74) is 4.02. The summed E-state index contributed by atoms with van der Waals surface area (Å²) in [5, 5.41) is 8.73. The van der Waals surface area contributed by atoms with Crippen LogP contribution in [0.4, 0.5) is 10.2 Å². The predicted octanol–water partition coefficient (Wildman–Crippen LogP) is 5.74. The number of hydrogen-bond donors (Lipinski definition) is 1. The number of amides is 1. The lowest BCUT2D eigenvalue weighted by Gasteiger charge is -2.54. The molecule has 1 amide bonds. The van der Waals surface area contributed by atoms with Gasteiger partial charge in [-0.1, -0.05) is 32.2 Å². The number of halogens is 1. The molecule has 3 saturated heterocycles. The SMILES string of the molecule is C=CC(=O)N1CC2(CCN(c3nc(OC4CCN(CC)CC4)nc4c(F)c(-c5c(C)ccc6[nH]ncc56)c(C=C)cc34)CC2)C1. The Morgan fingerprint density at radius 2 is 1.87 bits per heavy atom. The van der Waals surface area contributed by atoms with Crippen LogP contribution >= 0.6 is 0 Å². The maximum absolute atomic E-state index is 17.1. The Balaban J connectivity index is 1.30. The molecule has 3 fully saturated rings. The second kappa shape index (κ2) is 11.6. The number of anilines is 1. The van der Waals surface area contributed by atoms with E-state index in [-0.39, 0.29) is 29.0 Å². The van der Waals surface area contributed by atoms with Crippen molar-refractivity contribution in [1.29, 1.82) is 0 Å². The molecule has 1 N–H and O–H groups in total. The molecule has 234 valence electrons. The average molecular weight is 610 g/mol. The molecule has 10 heteroatoms. The molecule has 3 aliphatic heterocycles. The molecule has 2 aromatic heterocycles. The van der Waals surface area contributed by atoms with Crippen molar-refractivity contribution >= 4 is 39.6 Å². The third-order valence-corrected chi connectivity index (χ3v) is 10.1. The van der Waals surface area contributed by atoms with Gasteiger partial charge in [0.2, 0.25) is 5.91 Å². The second-order valence-corrected chi connectivity index (χ2v) is 12.8. The van der Waals surface area contributed by atoms with Gasteiger partial charge in [0.1, 0.15) is 17.4 Å². The topological polar surface area (TPSA) is 90.5 Å². The van der Waals surface area contributed by atoms with Crippen LogP contribution in [0.25, 0.3) is 39.0 Å². The molecular weight excluding hydrogens is 569 g/mol. The van der Waals surface area contributed by atoms with Crippen LogP contribution < -0.4 is 9.64 Å². The summed E-state index contributed by atoms with van der Waals surface area (Å²) in [7, 11) is 0. The van der Waals surface area contributed by atoms with Gasteiger partial charge >= 0.3 is 6.01 Å². The Labute approximate surface area is 262 Å². The minimum Gasteiger partial charge on any atom is -0.460 e. The number of aromatic amines is 1. The number of carbonyl (C=O) groups excluding carboxylic acids is 1. The van der Waals surface area contributed by atoms with E-state index in [0.29, 0.717) is 22.3 Å². The number of ether oxygens (including phenoxy) is 1. The molecule has 0 saturated carbocycles. The van der Waals surface area contributed by atoms with E-state index in [1.807, 2.05) is 30.0 Å². The zero-order valence-electron chi connectivity index (χ0n) is 26.1. The largest absolute Gasteiger partial charge is 0.460 e. The number of hydrogen-bond acceptors (Lipinski definition) is 7. The zero-order valence-corrected chi connectivity index (χ0v) is 26.1. The number of benzene rings is 2. The highest BCUT2D eigenvalue weighted by Crippen LogP contribution is 2.44. The molecule has 0 aliphatic carbocycles. The van der Waals surface area contributed by atoms with Crippen molar-refractivity contribution in [2.45, 2.75) is 45.6 Å². The molecule has 4 aromatic rings. The molecule has 2 aromatic carbocycles. The van der Waals surface area contributed by atoms with Crippen LogP contribution in [0, 0.1) is 18.2 Å². The number of aryl methyl sites for hydroxylation is 1. The Hall–Kier alpha value is -4.31. The molecule has 5 heterocycles. The Morgan fingerprint density at radius 1 is 1.11 bits per heavy atom. The maximum Gasteiger partial charge on any atom is 0.319 e. The lowest BCUT2D eigenvalue weighted by molar-refractivity contribution is -0.139. The minimum atomic E-state index is -0.417. The van der Waals surface area contributed by atoms with Crippen molar-refractivity contribution < 1.29 is 13.9 Å². The van der Waals surface area contributed by atoms with Crippen LogP contribution in [0.1, 0.15) is 43.7 Å². The van der Waals surface area contributed by atoms with Gasteiger partial charge in [0.15, 0.2) is 5.82 Å². The fourth-order valence-electron chi connectivity index (χ4n) is 7.43. The quantitative estimate of drug-likeness (QED) is 0.267. The maximum atomic E-state index is 17.1. The zero-order chi connectivity index (χ0) is 31.3. The monoisotopic (exact) mass is 609 g/mol. The second-order valence-electron chi connectivity index (χ2n) is 12.8. The van der Waals surface area contributed by atoms with Crippen molar-refractivity contribution in [1.82, 2.24) is 30.0 Å². The van der Waals surface area contributed by atoms with Gasteiger partial charge in [-0.05, 0) is 74.1 Å². The number of nitrogens with zero attached hydrogens (tertiary/aromatic N) is 6. The Kier molecular flexibility index (Phi) is 7.55. The van der Waals surface area contributed by atoms with Crippen molar-refractivity contribution in [3.63, 3.8) is 0 Å². The highest BCUT2D eigenvalue weighted by atomic mass is 19.1. The van der Waals surface area contributed by atoms with Gasteiger partial charge in [-0.3, -0.25) is 9.89 Å². The van der Waals surface area contributed by atoms with Crippen LogP contribution in [0.2, 0.25) is 0 Å². The lowest BCUT2D eigenvalue weighted by Crippen LogP contribution is -2.61. The van der Waals surface area contributed by atoms with Gasteiger partial charge in [0, 0.05) is 61.0 Å². The van der Waals surface area contributed by atoms with E-state index in [9.17, 15) is 4.79 Å². The first kappa shape index (κ1) is 29.4. The fourth-order valence-corrected chi connectivity index (χ4v) is 7.43. The number of nitrogens with one attached hydrogen (secondary N) is 1. The Bertz CT molecular complexity index is 1790. The molecule has 0 unspecified atom stereocenters.